The van der Waals surface area contributed by atoms with E-state index in [2.05, 4.69) is 6.58 Å². The van der Waals surface area contributed by atoms with E-state index in [1.165, 1.54) is 0 Å². The van der Waals surface area contributed by atoms with Gasteiger partial charge in [-0.15, -0.1) is 0 Å². The van der Waals surface area contributed by atoms with Gasteiger partial charge in [0.2, 0.25) is 0 Å². The third-order valence-corrected chi connectivity index (χ3v) is 1.40. The van der Waals surface area contributed by atoms with Crippen LogP contribution in [0.2, 0.25) is 0 Å². The summed E-state index contributed by atoms with van der Waals surface area (Å²) < 4.78 is 5.05. The van der Waals surface area contributed by atoms with Gasteiger partial charge in [-0.25, -0.2) is 0 Å². The Labute approximate surface area is 60.3 Å². The number of carbonyl (C=O) groups is 1. The van der Waals surface area contributed by atoms with Crippen LogP contribution in [0.3, 0.4) is 0 Å². The van der Waals surface area contributed by atoms with E-state index in [1.807, 2.05) is 4.90 Å². The average Bonchev–Trinajstić information content (AvgIpc) is 2.15. The molecule has 0 radical (unpaired) electrons. The van der Waals surface area contributed by atoms with Crippen molar-refractivity contribution in [2.75, 3.05) is 19.7 Å². The summed E-state index contributed by atoms with van der Waals surface area (Å²) in [6.45, 7) is 7.08. The fraction of sp³-hybridized carbons (Fsp3) is 0.571. The standard InChI is InChI=1S/C7H11NO2/c1-6(9)5-8-3-4-10-7(8)2/h2-5H2,1H3. The largest absolute Gasteiger partial charge is 0.478 e. The smallest absolute Gasteiger partial charge is 0.182 e. The van der Waals surface area contributed by atoms with Gasteiger partial charge in [-0.1, -0.05) is 0 Å². The van der Waals surface area contributed by atoms with Crippen LogP contribution in [-0.4, -0.2) is 30.4 Å². The second-order valence-corrected chi connectivity index (χ2v) is 2.37. The first kappa shape index (κ1) is 7.12. The van der Waals surface area contributed by atoms with E-state index in [9.17, 15) is 4.79 Å². The lowest BCUT2D eigenvalue weighted by atomic mass is 10.4. The number of Topliss-reactive ketones (excluding diaryl/α,β-unsaturated/α-hetero) is 1. The zero-order valence-corrected chi connectivity index (χ0v) is 6.09. The Morgan fingerprint density at radius 1 is 1.90 bits per heavy atom. The fourth-order valence-electron chi connectivity index (χ4n) is 0.926. The molecule has 0 aromatic carbocycles. The molecule has 56 valence electrons. The van der Waals surface area contributed by atoms with Crippen LogP contribution in [0.4, 0.5) is 0 Å². The fourth-order valence-corrected chi connectivity index (χ4v) is 0.926. The molecular formula is C7H11NO2. The van der Waals surface area contributed by atoms with Crippen molar-refractivity contribution < 1.29 is 9.53 Å². The lowest BCUT2D eigenvalue weighted by Gasteiger charge is -2.12. The summed E-state index contributed by atoms with van der Waals surface area (Å²) in [5.74, 6) is 0.766. The first-order valence-electron chi connectivity index (χ1n) is 3.26. The van der Waals surface area contributed by atoms with Gasteiger partial charge in [0.15, 0.2) is 5.88 Å². The Bertz CT molecular complexity index is 165. The molecule has 1 fully saturated rings. The second kappa shape index (κ2) is 2.73. The van der Waals surface area contributed by atoms with Gasteiger partial charge < -0.3 is 9.64 Å². The Morgan fingerprint density at radius 3 is 3.00 bits per heavy atom. The third-order valence-electron chi connectivity index (χ3n) is 1.40. The summed E-state index contributed by atoms with van der Waals surface area (Å²) in [6, 6.07) is 0. The zero-order chi connectivity index (χ0) is 7.56. The van der Waals surface area contributed by atoms with Gasteiger partial charge in [-0.05, 0) is 13.5 Å². The van der Waals surface area contributed by atoms with E-state index in [4.69, 9.17) is 4.74 Å². The molecule has 0 saturated carbocycles. The molecule has 0 aromatic heterocycles. The Balaban J connectivity index is 2.40. The molecule has 0 atom stereocenters. The third kappa shape index (κ3) is 1.50. The van der Waals surface area contributed by atoms with Crippen molar-refractivity contribution in [2.24, 2.45) is 0 Å². The molecule has 1 aliphatic heterocycles. The number of rotatable bonds is 2. The van der Waals surface area contributed by atoms with Crippen molar-refractivity contribution in [1.29, 1.82) is 0 Å². The van der Waals surface area contributed by atoms with Crippen LogP contribution in [0.25, 0.3) is 0 Å². The van der Waals surface area contributed by atoms with Crippen LogP contribution in [-0.2, 0) is 9.53 Å². The summed E-state index contributed by atoms with van der Waals surface area (Å²) in [5.41, 5.74) is 0. The van der Waals surface area contributed by atoms with E-state index < -0.39 is 0 Å². The summed E-state index contributed by atoms with van der Waals surface area (Å²) in [5, 5.41) is 0. The van der Waals surface area contributed by atoms with Crippen LogP contribution in [0, 0.1) is 0 Å². The highest BCUT2D eigenvalue weighted by Gasteiger charge is 2.16. The summed E-state index contributed by atoms with van der Waals surface area (Å²) in [4.78, 5) is 12.4. The maximum atomic E-state index is 10.6. The first-order valence-corrected chi connectivity index (χ1v) is 3.26. The first-order chi connectivity index (χ1) is 4.70. The molecule has 3 nitrogen and oxygen atoms in total. The minimum absolute atomic E-state index is 0.145. The minimum Gasteiger partial charge on any atom is -0.478 e. The maximum absolute atomic E-state index is 10.6. The molecule has 0 aliphatic carbocycles. The van der Waals surface area contributed by atoms with Gasteiger partial charge in [0.05, 0.1) is 13.1 Å². The highest BCUT2D eigenvalue weighted by Crippen LogP contribution is 2.09. The van der Waals surface area contributed by atoms with Gasteiger partial charge in [-0.3, -0.25) is 4.79 Å². The average molecular weight is 141 g/mol. The Morgan fingerprint density at radius 2 is 2.60 bits per heavy atom. The van der Waals surface area contributed by atoms with Crippen LogP contribution >= 0.6 is 0 Å². The summed E-state index contributed by atoms with van der Waals surface area (Å²) in [7, 11) is 0. The predicted octanol–water partition coefficient (Wildman–Crippen LogP) is 0.379. The molecule has 0 N–H and O–H groups in total. The quantitative estimate of drug-likeness (QED) is 0.556. The number of ether oxygens (including phenoxy) is 1. The highest BCUT2D eigenvalue weighted by molar-refractivity contribution is 5.77. The molecule has 0 aromatic rings. The van der Waals surface area contributed by atoms with E-state index >= 15 is 0 Å². The van der Waals surface area contributed by atoms with E-state index in [0.29, 0.717) is 19.0 Å². The topological polar surface area (TPSA) is 29.5 Å². The molecular weight excluding hydrogens is 130 g/mol. The molecule has 1 heterocycles. The number of hydrogen-bond donors (Lipinski definition) is 0. The van der Waals surface area contributed by atoms with Crippen LogP contribution < -0.4 is 0 Å². The van der Waals surface area contributed by atoms with Gasteiger partial charge in [0.25, 0.3) is 0 Å². The van der Waals surface area contributed by atoms with Crippen molar-refractivity contribution >= 4 is 5.78 Å². The van der Waals surface area contributed by atoms with Crippen molar-refractivity contribution in [2.45, 2.75) is 6.92 Å². The number of ketones is 1. The maximum Gasteiger partial charge on any atom is 0.182 e. The minimum atomic E-state index is 0.145. The van der Waals surface area contributed by atoms with Crippen LogP contribution in [0.1, 0.15) is 6.92 Å². The number of hydrogen-bond acceptors (Lipinski definition) is 3. The van der Waals surface area contributed by atoms with Gasteiger partial charge >= 0.3 is 0 Å². The monoisotopic (exact) mass is 141 g/mol. The van der Waals surface area contributed by atoms with Gasteiger partial charge in [0, 0.05) is 0 Å². The molecule has 0 spiro atoms. The molecule has 0 unspecified atom stereocenters. The number of carbonyl (C=O) groups excluding carboxylic acids is 1. The SMILES string of the molecule is C=C1OCCN1CC(C)=O. The molecule has 0 amide bonds. The van der Waals surface area contributed by atoms with E-state index in [0.717, 1.165) is 6.54 Å². The second-order valence-electron chi connectivity index (χ2n) is 2.37. The van der Waals surface area contributed by atoms with Gasteiger partial charge in [0.1, 0.15) is 12.4 Å². The summed E-state index contributed by atoms with van der Waals surface area (Å²) in [6.07, 6.45) is 0. The van der Waals surface area contributed by atoms with Gasteiger partial charge in [-0.2, -0.15) is 0 Å². The lowest BCUT2D eigenvalue weighted by Crippen LogP contribution is -2.24. The molecule has 10 heavy (non-hydrogen) atoms. The zero-order valence-electron chi connectivity index (χ0n) is 6.09. The molecule has 1 aliphatic rings. The Hall–Kier alpha value is -0.990. The molecule has 0 bridgehead atoms. The van der Waals surface area contributed by atoms with Crippen molar-refractivity contribution in [3.05, 3.63) is 12.5 Å². The Kier molecular flexibility index (Phi) is 1.94. The van der Waals surface area contributed by atoms with Crippen molar-refractivity contribution in [1.82, 2.24) is 4.90 Å². The normalized spacial score (nSPS) is 17.3. The lowest BCUT2D eigenvalue weighted by molar-refractivity contribution is -0.117. The van der Waals surface area contributed by atoms with Crippen LogP contribution in [0.15, 0.2) is 12.5 Å². The van der Waals surface area contributed by atoms with Crippen LogP contribution in [0.5, 0.6) is 0 Å². The predicted molar refractivity (Wildman–Crippen MR) is 37.3 cm³/mol. The molecule has 1 saturated heterocycles. The van der Waals surface area contributed by atoms with E-state index in [-0.39, 0.29) is 5.78 Å². The van der Waals surface area contributed by atoms with Crippen molar-refractivity contribution in [3.8, 4) is 0 Å². The van der Waals surface area contributed by atoms with E-state index in [1.54, 1.807) is 6.92 Å². The summed E-state index contributed by atoms with van der Waals surface area (Å²) >= 11 is 0. The van der Waals surface area contributed by atoms with Crippen molar-refractivity contribution in [3.63, 3.8) is 0 Å². The highest BCUT2D eigenvalue weighted by atomic mass is 16.5. The molecule has 3 heteroatoms. The number of nitrogens with zero attached hydrogens (tertiary/aromatic N) is 1. The molecule has 1 rings (SSSR count).